The fourth-order valence-electron chi connectivity index (χ4n) is 5.99. The Morgan fingerprint density at radius 3 is 1.39 bits per heavy atom. The van der Waals surface area contributed by atoms with E-state index in [0.717, 1.165) is 0 Å². The summed E-state index contributed by atoms with van der Waals surface area (Å²) < 4.78 is 0. The third kappa shape index (κ3) is 6.28. The monoisotopic (exact) mass is 603 g/mol. The van der Waals surface area contributed by atoms with Crippen LogP contribution in [-0.4, -0.2) is 83.4 Å². The highest BCUT2D eigenvalue weighted by Gasteiger charge is 2.45. The van der Waals surface area contributed by atoms with Gasteiger partial charge in [-0.25, -0.2) is 0 Å². The first kappa shape index (κ1) is 32.5. The summed E-state index contributed by atoms with van der Waals surface area (Å²) in [7, 11) is 1.91. The second kappa shape index (κ2) is 12.3. The fraction of sp³-hybridized carbons (Fsp3) is 0.455. The minimum Gasteiger partial charge on any atom is -0.326 e. The molecular weight excluding hydrogens is 562 g/mol. The Labute approximate surface area is 257 Å². The molecule has 2 aliphatic heterocycles. The highest BCUT2D eigenvalue weighted by Crippen LogP contribution is 2.37. The minimum atomic E-state index is -0.896. The van der Waals surface area contributed by atoms with Gasteiger partial charge in [-0.1, -0.05) is 12.1 Å². The number of carbonyl (C=O) groups excluding carboxylic acids is 6. The van der Waals surface area contributed by atoms with Crippen LogP contribution >= 0.6 is 0 Å². The number of hydrogen-bond acceptors (Lipinski definition) is 7. The van der Waals surface area contributed by atoms with Crippen molar-refractivity contribution in [3.8, 4) is 0 Å². The Kier molecular flexibility index (Phi) is 9.11. The van der Waals surface area contributed by atoms with Crippen molar-refractivity contribution in [3.05, 3.63) is 58.7 Å². The first-order valence-corrected chi connectivity index (χ1v) is 14.8. The van der Waals surface area contributed by atoms with Gasteiger partial charge in [0.25, 0.3) is 11.8 Å². The zero-order valence-electron chi connectivity index (χ0n) is 26.5. The lowest BCUT2D eigenvalue weighted by Gasteiger charge is -2.38. The smallest absolute Gasteiger partial charge is 0.260 e. The molecule has 234 valence electrons. The maximum Gasteiger partial charge on any atom is 0.260 e. The van der Waals surface area contributed by atoms with E-state index in [9.17, 15) is 28.8 Å². The average molecular weight is 604 g/mol. The molecule has 0 fully saturated rings. The summed E-state index contributed by atoms with van der Waals surface area (Å²) >= 11 is 0. The predicted octanol–water partition coefficient (Wildman–Crippen LogP) is 3.54. The van der Waals surface area contributed by atoms with Gasteiger partial charge in [-0.2, -0.15) is 0 Å². The maximum absolute atomic E-state index is 13.3. The summed E-state index contributed by atoms with van der Waals surface area (Å²) in [5.41, 5.74) is 1.28. The molecule has 2 N–H and O–H groups in total. The average Bonchev–Trinajstić information content (AvgIpc) is 2.94. The summed E-state index contributed by atoms with van der Waals surface area (Å²) in [6, 6.07) is 10.1. The molecular formula is C33H41N5O6. The van der Waals surface area contributed by atoms with Crippen molar-refractivity contribution < 1.29 is 28.8 Å². The van der Waals surface area contributed by atoms with Crippen LogP contribution in [-0.2, 0) is 30.0 Å². The Balaban J connectivity index is 1.35. The number of benzene rings is 2. The van der Waals surface area contributed by atoms with Crippen molar-refractivity contribution in [2.75, 3.05) is 43.9 Å². The van der Waals surface area contributed by atoms with E-state index in [1.165, 1.54) is 23.6 Å². The molecule has 0 atom stereocenters. The molecule has 4 rings (SSSR count). The highest BCUT2D eigenvalue weighted by molar-refractivity contribution is 6.14. The predicted molar refractivity (Wildman–Crippen MR) is 166 cm³/mol. The lowest BCUT2D eigenvalue weighted by atomic mass is 9.77. The van der Waals surface area contributed by atoms with Gasteiger partial charge >= 0.3 is 0 Å². The number of carbonyl (C=O) groups is 6. The van der Waals surface area contributed by atoms with Gasteiger partial charge in [-0.05, 0) is 96.1 Å². The van der Waals surface area contributed by atoms with Gasteiger partial charge < -0.3 is 15.5 Å². The lowest BCUT2D eigenvalue weighted by Crippen LogP contribution is -2.52. The lowest BCUT2D eigenvalue weighted by molar-refractivity contribution is -0.135. The molecule has 0 bridgehead atoms. The first-order chi connectivity index (χ1) is 20.5. The van der Waals surface area contributed by atoms with Gasteiger partial charge in [0.1, 0.15) is 0 Å². The van der Waals surface area contributed by atoms with Crippen LogP contribution < -0.4 is 10.6 Å². The number of fused-ring (bicyclic) bond motifs is 2. The van der Waals surface area contributed by atoms with Gasteiger partial charge in [-0.15, -0.1) is 0 Å². The van der Waals surface area contributed by atoms with E-state index >= 15 is 0 Å². The molecule has 0 spiro atoms. The molecule has 11 nitrogen and oxygen atoms in total. The minimum absolute atomic E-state index is 0.236. The van der Waals surface area contributed by atoms with Crippen molar-refractivity contribution in [2.45, 2.75) is 65.2 Å². The van der Waals surface area contributed by atoms with Gasteiger partial charge in [0.15, 0.2) is 0 Å². The Bertz CT molecular complexity index is 1430. The largest absolute Gasteiger partial charge is 0.326 e. The Hall–Kier alpha value is -4.38. The molecule has 0 aliphatic carbocycles. The van der Waals surface area contributed by atoms with Crippen LogP contribution in [0.3, 0.4) is 0 Å². The SMILES string of the molecule is CC(=O)Nc1ccc2c(c1)C(=O)N(CCCN(C)CCCN1C(=O)c3cc(NC(C)=O)ccc3C(C)(C)C1=O)C(=O)C2(C)C. The molecule has 0 aromatic heterocycles. The molecule has 2 aromatic carbocycles. The van der Waals surface area contributed by atoms with Crippen LogP contribution in [0.2, 0.25) is 0 Å². The van der Waals surface area contributed by atoms with Crippen molar-refractivity contribution in [1.29, 1.82) is 0 Å². The number of anilines is 2. The third-order valence-electron chi connectivity index (χ3n) is 8.38. The molecule has 2 aliphatic rings. The quantitative estimate of drug-likeness (QED) is 0.397. The molecule has 0 saturated heterocycles. The molecule has 2 heterocycles. The molecule has 0 unspecified atom stereocenters. The van der Waals surface area contributed by atoms with E-state index in [1.807, 2.05) is 11.9 Å². The number of nitrogens with zero attached hydrogens (tertiary/aromatic N) is 3. The summed E-state index contributed by atoms with van der Waals surface area (Å²) in [5.74, 6) is -1.80. The first-order valence-electron chi connectivity index (χ1n) is 14.8. The maximum atomic E-state index is 13.3. The van der Waals surface area contributed by atoms with E-state index < -0.39 is 10.8 Å². The van der Waals surface area contributed by atoms with Crippen molar-refractivity contribution in [3.63, 3.8) is 0 Å². The van der Waals surface area contributed by atoms with Crippen molar-refractivity contribution in [2.24, 2.45) is 0 Å². The molecule has 44 heavy (non-hydrogen) atoms. The second-order valence-corrected chi connectivity index (χ2v) is 12.7. The number of hydrogen-bond donors (Lipinski definition) is 2. The number of imide groups is 2. The van der Waals surface area contributed by atoms with Crippen LogP contribution in [0.25, 0.3) is 0 Å². The molecule has 0 saturated carbocycles. The van der Waals surface area contributed by atoms with E-state index in [2.05, 4.69) is 10.6 Å². The van der Waals surface area contributed by atoms with E-state index in [4.69, 9.17) is 0 Å². The number of amides is 6. The van der Waals surface area contributed by atoms with E-state index in [0.29, 0.717) is 59.6 Å². The molecule has 2 aromatic rings. The van der Waals surface area contributed by atoms with Crippen molar-refractivity contribution >= 4 is 46.8 Å². The zero-order valence-corrected chi connectivity index (χ0v) is 26.5. The van der Waals surface area contributed by atoms with Crippen LogP contribution in [0.5, 0.6) is 0 Å². The van der Waals surface area contributed by atoms with Crippen LogP contribution in [0.1, 0.15) is 86.2 Å². The Morgan fingerprint density at radius 1 is 0.682 bits per heavy atom. The van der Waals surface area contributed by atoms with E-state index in [-0.39, 0.29) is 48.5 Å². The number of nitrogens with one attached hydrogen (secondary N) is 2. The Morgan fingerprint density at radius 2 is 1.05 bits per heavy atom. The highest BCUT2D eigenvalue weighted by atomic mass is 16.2. The number of rotatable bonds is 10. The van der Waals surface area contributed by atoms with Gasteiger partial charge in [0.05, 0.1) is 10.8 Å². The summed E-state index contributed by atoms with van der Waals surface area (Å²) in [6.07, 6.45) is 1.08. The third-order valence-corrected chi connectivity index (χ3v) is 8.38. The van der Waals surface area contributed by atoms with Crippen LogP contribution in [0, 0.1) is 0 Å². The second-order valence-electron chi connectivity index (χ2n) is 12.7. The zero-order chi connectivity index (χ0) is 32.6. The van der Waals surface area contributed by atoms with Gasteiger partial charge in [-0.3, -0.25) is 38.6 Å². The molecule has 11 heteroatoms. The van der Waals surface area contributed by atoms with Crippen molar-refractivity contribution in [1.82, 2.24) is 14.7 Å². The topological polar surface area (TPSA) is 136 Å². The summed E-state index contributed by atoms with van der Waals surface area (Å²) in [6.45, 7) is 11.6. The summed E-state index contributed by atoms with van der Waals surface area (Å²) in [5, 5.41) is 5.38. The van der Waals surface area contributed by atoms with Crippen LogP contribution in [0.15, 0.2) is 36.4 Å². The summed E-state index contributed by atoms with van der Waals surface area (Å²) in [4.78, 5) is 81.0. The van der Waals surface area contributed by atoms with E-state index in [1.54, 1.807) is 64.1 Å². The van der Waals surface area contributed by atoms with Gasteiger partial charge in [0, 0.05) is 49.4 Å². The molecule has 0 radical (unpaired) electrons. The molecule has 6 amide bonds. The standard InChI is InChI=1S/C33H41N5O6/c1-20(39)34-22-10-12-26-24(18-22)28(41)37(30(43)32(26,3)4)16-8-14-36(7)15-9-17-38-29(42)25-19-23(35-21(2)40)11-13-27(25)33(5,6)31(38)44/h10-13,18-19H,8-9,14-17H2,1-7H3,(H,34,39)(H,35,40). The van der Waals surface area contributed by atoms with Gasteiger partial charge in [0.2, 0.25) is 23.6 Å². The fourth-order valence-corrected chi connectivity index (χ4v) is 5.99. The van der Waals surface area contributed by atoms with Crippen LogP contribution in [0.4, 0.5) is 11.4 Å². The normalized spacial score (nSPS) is 17.0.